The molecule has 2 heterocycles. The zero-order valence-electron chi connectivity index (χ0n) is 18.1. The molecule has 4 rings (SSSR count). The smallest absolute Gasteiger partial charge is 0.248 e. The topological polar surface area (TPSA) is 80.8 Å². The van der Waals surface area contributed by atoms with Crippen LogP contribution in [0.1, 0.15) is 44.9 Å². The molecule has 1 saturated heterocycles. The zero-order chi connectivity index (χ0) is 21.8. The van der Waals surface area contributed by atoms with Crippen molar-refractivity contribution < 1.29 is 19.1 Å². The fourth-order valence-electron chi connectivity index (χ4n) is 4.54. The Bertz CT molecular complexity index is 939. The summed E-state index contributed by atoms with van der Waals surface area (Å²) in [5, 5.41) is 5.36. The number of hydrogen-bond acceptors (Lipinski definition) is 6. The number of thiazole rings is 1. The molecule has 1 aliphatic carbocycles. The molecule has 7 nitrogen and oxygen atoms in total. The summed E-state index contributed by atoms with van der Waals surface area (Å²) in [5.74, 6) is 1.37. The van der Waals surface area contributed by atoms with E-state index < -0.39 is 6.04 Å². The fraction of sp³-hybridized carbons (Fsp3) is 0.522. The van der Waals surface area contributed by atoms with Crippen LogP contribution in [-0.4, -0.2) is 48.5 Å². The Hall–Kier alpha value is -2.61. The van der Waals surface area contributed by atoms with Gasteiger partial charge in [0.2, 0.25) is 11.8 Å². The molecule has 2 amide bonds. The first-order valence-electron chi connectivity index (χ1n) is 10.9. The van der Waals surface area contributed by atoms with Gasteiger partial charge in [-0.25, -0.2) is 4.98 Å². The largest absolute Gasteiger partial charge is 0.493 e. The first kappa shape index (κ1) is 21.6. The zero-order valence-corrected chi connectivity index (χ0v) is 18.9. The van der Waals surface area contributed by atoms with E-state index in [1.807, 2.05) is 23.6 Å². The number of benzene rings is 1. The highest BCUT2D eigenvalue weighted by Gasteiger charge is 2.37. The second-order valence-corrected chi connectivity index (χ2v) is 8.98. The second-order valence-electron chi connectivity index (χ2n) is 8.12. The third-order valence-corrected chi connectivity index (χ3v) is 6.96. The van der Waals surface area contributed by atoms with Gasteiger partial charge in [0, 0.05) is 23.4 Å². The SMILES string of the molecule is COc1ccc(-c2csc(NC(=O)C3CCCN3C(=O)C3CCCCC3)n2)cc1OC. The van der Waals surface area contributed by atoms with Crippen LogP contribution in [0.4, 0.5) is 5.13 Å². The molecule has 1 saturated carbocycles. The first-order valence-corrected chi connectivity index (χ1v) is 11.8. The summed E-state index contributed by atoms with van der Waals surface area (Å²) in [6.45, 7) is 0.669. The Morgan fingerprint density at radius 2 is 1.84 bits per heavy atom. The molecule has 1 aromatic heterocycles. The van der Waals surface area contributed by atoms with Crippen LogP contribution in [0.15, 0.2) is 23.6 Å². The maximum absolute atomic E-state index is 13.0. The molecule has 1 unspecified atom stereocenters. The molecule has 166 valence electrons. The van der Waals surface area contributed by atoms with Gasteiger partial charge in [-0.3, -0.25) is 9.59 Å². The number of carbonyl (C=O) groups excluding carboxylic acids is 2. The van der Waals surface area contributed by atoms with Crippen LogP contribution in [0.5, 0.6) is 11.5 Å². The Balaban J connectivity index is 1.43. The van der Waals surface area contributed by atoms with E-state index >= 15 is 0 Å². The van der Waals surface area contributed by atoms with Gasteiger partial charge in [0.15, 0.2) is 16.6 Å². The minimum absolute atomic E-state index is 0.0821. The molecular formula is C23H29N3O4S. The Kier molecular flexibility index (Phi) is 6.75. The summed E-state index contributed by atoms with van der Waals surface area (Å²) in [5.41, 5.74) is 1.63. The van der Waals surface area contributed by atoms with Gasteiger partial charge in [0.05, 0.1) is 19.9 Å². The van der Waals surface area contributed by atoms with Crippen LogP contribution < -0.4 is 14.8 Å². The monoisotopic (exact) mass is 443 g/mol. The lowest BCUT2D eigenvalue weighted by atomic mass is 9.88. The molecule has 2 aliphatic rings. The second kappa shape index (κ2) is 9.68. The first-order chi connectivity index (χ1) is 15.1. The van der Waals surface area contributed by atoms with Gasteiger partial charge < -0.3 is 19.7 Å². The Morgan fingerprint density at radius 1 is 1.06 bits per heavy atom. The molecule has 2 fully saturated rings. The number of nitrogens with one attached hydrogen (secondary N) is 1. The highest BCUT2D eigenvalue weighted by atomic mass is 32.1. The van der Waals surface area contributed by atoms with Crippen LogP contribution in [-0.2, 0) is 9.59 Å². The number of anilines is 1. The number of amides is 2. The molecule has 1 N–H and O–H groups in total. The summed E-state index contributed by atoms with van der Waals surface area (Å²) >= 11 is 1.37. The van der Waals surface area contributed by atoms with Crippen molar-refractivity contribution in [2.24, 2.45) is 5.92 Å². The van der Waals surface area contributed by atoms with Crippen LogP contribution in [0.2, 0.25) is 0 Å². The van der Waals surface area contributed by atoms with Gasteiger partial charge in [-0.05, 0) is 43.9 Å². The van der Waals surface area contributed by atoms with Crippen LogP contribution in [0.25, 0.3) is 11.3 Å². The van der Waals surface area contributed by atoms with E-state index in [-0.39, 0.29) is 17.7 Å². The highest BCUT2D eigenvalue weighted by Crippen LogP contribution is 2.34. The lowest BCUT2D eigenvalue weighted by Gasteiger charge is -2.29. The average molecular weight is 444 g/mol. The summed E-state index contributed by atoms with van der Waals surface area (Å²) in [6, 6.07) is 5.20. The van der Waals surface area contributed by atoms with E-state index in [1.54, 1.807) is 19.1 Å². The number of nitrogens with zero attached hydrogens (tertiary/aromatic N) is 2. The number of methoxy groups -OCH3 is 2. The molecular weight excluding hydrogens is 414 g/mol. The van der Waals surface area contributed by atoms with Crippen molar-refractivity contribution >= 4 is 28.3 Å². The number of rotatable bonds is 6. The third kappa shape index (κ3) is 4.69. The predicted octanol–water partition coefficient (Wildman–Crippen LogP) is 4.34. The Labute approximate surface area is 186 Å². The van der Waals surface area contributed by atoms with Crippen LogP contribution >= 0.6 is 11.3 Å². The quantitative estimate of drug-likeness (QED) is 0.718. The average Bonchev–Trinajstić information content (AvgIpc) is 3.48. The predicted molar refractivity (Wildman–Crippen MR) is 121 cm³/mol. The van der Waals surface area contributed by atoms with Gasteiger partial charge >= 0.3 is 0 Å². The minimum Gasteiger partial charge on any atom is -0.493 e. The van der Waals surface area contributed by atoms with E-state index in [0.717, 1.165) is 43.4 Å². The molecule has 1 atom stereocenters. The molecule has 31 heavy (non-hydrogen) atoms. The van der Waals surface area contributed by atoms with Crippen molar-refractivity contribution in [3.63, 3.8) is 0 Å². The highest BCUT2D eigenvalue weighted by molar-refractivity contribution is 7.14. The number of hydrogen-bond donors (Lipinski definition) is 1. The van der Waals surface area contributed by atoms with E-state index in [0.29, 0.717) is 29.6 Å². The standard InChI is InChI=1S/C23H29N3O4S/c1-29-19-11-10-16(13-20(19)30-2)17-14-31-23(24-17)25-21(27)18-9-6-12-26(18)22(28)15-7-4-3-5-8-15/h10-11,13-15,18H,3-9,12H2,1-2H3,(H,24,25,27). The maximum Gasteiger partial charge on any atom is 0.248 e. The van der Waals surface area contributed by atoms with Crippen molar-refractivity contribution in [1.29, 1.82) is 0 Å². The Morgan fingerprint density at radius 3 is 2.58 bits per heavy atom. The molecule has 0 radical (unpaired) electrons. The summed E-state index contributed by atoms with van der Waals surface area (Å²) in [7, 11) is 3.19. The number of likely N-dealkylation sites (tertiary alicyclic amines) is 1. The van der Waals surface area contributed by atoms with Gasteiger partial charge in [-0.2, -0.15) is 0 Å². The number of aromatic nitrogens is 1. The van der Waals surface area contributed by atoms with Gasteiger partial charge in [-0.15, -0.1) is 11.3 Å². The van der Waals surface area contributed by atoms with Gasteiger partial charge in [0.1, 0.15) is 6.04 Å². The number of ether oxygens (including phenoxy) is 2. The molecule has 1 aromatic carbocycles. The van der Waals surface area contributed by atoms with Crippen LogP contribution in [0, 0.1) is 5.92 Å². The third-order valence-electron chi connectivity index (χ3n) is 6.21. The summed E-state index contributed by atoms with van der Waals surface area (Å²) in [6.07, 6.45) is 6.90. The van der Waals surface area contributed by atoms with Crippen molar-refractivity contribution in [2.45, 2.75) is 51.0 Å². The molecule has 2 aromatic rings. The van der Waals surface area contributed by atoms with Crippen molar-refractivity contribution in [2.75, 3.05) is 26.1 Å². The van der Waals surface area contributed by atoms with E-state index in [1.165, 1.54) is 17.8 Å². The van der Waals surface area contributed by atoms with Crippen molar-refractivity contribution in [3.05, 3.63) is 23.6 Å². The fourth-order valence-corrected chi connectivity index (χ4v) is 5.26. The van der Waals surface area contributed by atoms with E-state index in [4.69, 9.17) is 9.47 Å². The van der Waals surface area contributed by atoms with Gasteiger partial charge in [-0.1, -0.05) is 19.3 Å². The lowest BCUT2D eigenvalue weighted by molar-refractivity contribution is -0.141. The maximum atomic E-state index is 13.0. The lowest BCUT2D eigenvalue weighted by Crippen LogP contribution is -2.46. The van der Waals surface area contributed by atoms with E-state index in [9.17, 15) is 9.59 Å². The molecule has 8 heteroatoms. The molecule has 1 aliphatic heterocycles. The van der Waals surface area contributed by atoms with E-state index in [2.05, 4.69) is 10.3 Å². The van der Waals surface area contributed by atoms with Crippen LogP contribution in [0.3, 0.4) is 0 Å². The molecule has 0 spiro atoms. The minimum atomic E-state index is -0.400. The number of carbonyl (C=O) groups is 2. The van der Waals surface area contributed by atoms with Gasteiger partial charge in [0.25, 0.3) is 0 Å². The molecule has 0 bridgehead atoms. The summed E-state index contributed by atoms with van der Waals surface area (Å²) in [4.78, 5) is 32.3. The normalized spacial score (nSPS) is 19.3. The van der Waals surface area contributed by atoms with Crippen molar-refractivity contribution in [3.8, 4) is 22.8 Å². The van der Waals surface area contributed by atoms with Crippen molar-refractivity contribution in [1.82, 2.24) is 9.88 Å². The summed E-state index contributed by atoms with van der Waals surface area (Å²) < 4.78 is 10.6.